The Kier molecular flexibility index (Phi) is 5.26. The van der Waals surface area contributed by atoms with Gasteiger partial charge in [-0.25, -0.2) is 0 Å². The Morgan fingerprint density at radius 1 is 0.400 bits per heavy atom. The minimum atomic E-state index is 0.715. The van der Waals surface area contributed by atoms with Gasteiger partial charge >= 0.3 is 0 Å². The lowest BCUT2D eigenvalue weighted by molar-refractivity contribution is 0.670. The summed E-state index contributed by atoms with van der Waals surface area (Å²) in [7, 11) is 0. The van der Waals surface area contributed by atoms with E-state index < -0.39 is 0 Å². The summed E-state index contributed by atoms with van der Waals surface area (Å²) in [6.45, 7) is 0. The number of fused-ring (bicyclic) bond motifs is 6. The highest BCUT2D eigenvalue weighted by Crippen LogP contribution is 2.40. The van der Waals surface area contributed by atoms with Gasteiger partial charge in [0, 0.05) is 21.4 Å². The van der Waals surface area contributed by atoms with Crippen molar-refractivity contribution in [2.45, 2.75) is 0 Å². The average molecular weight is 531 g/mol. The van der Waals surface area contributed by atoms with E-state index in [0.29, 0.717) is 5.02 Å². The molecular formula is C38H23ClO. The molecule has 0 aliphatic carbocycles. The van der Waals surface area contributed by atoms with Gasteiger partial charge in [0.1, 0.15) is 11.2 Å². The van der Waals surface area contributed by atoms with Crippen LogP contribution in [0.4, 0.5) is 0 Å². The molecule has 1 aromatic heterocycles. The highest BCUT2D eigenvalue weighted by atomic mass is 35.5. The third-order valence-corrected chi connectivity index (χ3v) is 8.14. The van der Waals surface area contributed by atoms with Gasteiger partial charge in [-0.1, -0.05) is 115 Å². The van der Waals surface area contributed by atoms with Crippen molar-refractivity contribution >= 4 is 55.1 Å². The topological polar surface area (TPSA) is 13.1 Å². The van der Waals surface area contributed by atoms with E-state index in [1.165, 1.54) is 43.8 Å². The van der Waals surface area contributed by atoms with E-state index in [0.717, 1.165) is 33.1 Å². The lowest BCUT2D eigenvalue weighted by Gasteiger charge is -2.12. The van der Waals surface area contributed by atoms with Crippen molar-refractivity contribution in [1.29, 1.82) is 0 Å². The molecule has 0 unspecified atom stereocenters. The van der Waals surface area contributed by atoms with Crippen LogP contribution in [0.2, 0.25) is 5.02 Å². The van der Waals surface area contributed by atoms with Crippen molar-refractivity contribution in [1.82, 2.24) is 0 Å². The molecule has 0 saturated carbocycles. The average Bonchev–Trinajstić information content (AvgIpc) is 3.39. The van der Waals surface area contributed by atoms with Crippen LogP contribution in [0.1, 0.15) is 0 Å². The number of hydrogen-bond donors (Lipinski definition) is 0. The first-order valence-electron chi connectivity index (χ1n) is 13.5. The van der Waals surface area contributed by atoms with Crippen molar-refractivity contribution in [3.05, 3.63) is 145 Å². The molecule has 8 rings (SSSR count). The zero-order chi connectivity index (χ0) is 26.6. The van der Waals surface area contributed by atoms with Crippen molar-refractivity contribution in [3.8, 4) is 33.4 Å². The predicted octanol–water partition coefficient (Wildman–Crippen LogP) is 11.5. The molecule has 2 heteroatoms. The fraction of sp³-hybridized carbons (Fsp3) is 0. The van der Waals surface area contributed by atoms with Crippen LogP contribution in [-0.4, -0.2) is 0 Å². The zero-order valence-electron chi connectivity index (χ0n) is 21.6. The van der Waals surface area contributed by atoms with Crippen LogP contribution in [0.5, 0.6) is 0 Å². The van der Waals surface area contributed by atoms with E-state index in [1.807, 2.05) is 18.2 Å². The Morgan fingerprint density at radius 2 is 1.12 bits per heavy atom. The van der Waals surface area contributed by atoms with E-state index in [1.54, 1.807) is 0 Å². The highest BCUT2D eigenvalue weighted by molar-refractivity contribution is 6.31. The van der Waals surface area contributed by atoms with Crippen LogP contribution < -0.4 is 0 Å². The van der Waals surface area contributed by atoms with Crippen LogP contribution in [0, 0.1) is 0 Å². The third kappa shape index (κ3) is 3.71. The van der Waals surface area contributed by atoms with Gasteiger partial charge in [-0.15, -0.1) is 0 Å². The van der Waals surface area contributed by atoms with Gasteiger partial charge in [-0.3, -0.25) is 0 Å². The normalized spacial score (nSPS) is 11.6. The summed E-state index contributed by atoms with van der Waals surface area (Å²) >= 11 is 6.30. The summed E-state index contributed by atoms with van der Waals surface area (Å²) in [4.78, 5) is 0. The van der Waals surface area contributed by atoms with E-state index in [-0.39, 0.29) is 0 Å². The van der Waals surface area contributed by atoms with Crippen LogP contribution in [0.15, 0.2) is 144 Å². The maximum absolute atomic E-state index is 6.41. The molecular weight excluding hydrogens is 508 g/mol. The summed E-state index contributed by atoms with van der Waals surface area (Å²) in [5, 5.41) is 7.97. The summed E-state index contributed by atoms with van der Waals surface area (Å²) in [6.07, 6.45) is 0. The minimum Gasteiger partial charge on any atom is -0.455 e. The number of hydrogen-bond acceptors (Lipinski definition) is 1. The number of para-hydroxylation sites is 1. The molecule has 8 aromatic rings. The van der Waals surface area contributed by atoms with Gasteiger partial charge in [0.2, 0.25) is 0 Å². The molecule has 0 atom stereocenters. The fourth-order valence-electron chi connectivity index (χ4n) is 6.01. The van der Waals surface area contributed by atoms with Gasteiger partial charge in [-0.05, 0) is 85.8 Å². The lowest BCUT2D eigenvalue weighted by Crippen LogP contribution is -1.86. The second-order valence-electron chi connectivity index (χ2n) is 10.3. The first kappa shape index (κ1) is 23.1. The maximum Gasteiger partial charge on any atom is 0.143 e. The van der Waals surface area contributed by atoms with Crippen molar-refractivity contribution < 1.29 is 4.42 Å². The Hall–Kier alpha value is -4.85. The van der Waals surface area contributed by atoms with Crippen LogP contribution >= 0.6 is 11.6 Å². The molecule has 7 aromatic carbocycles. The number of halogens is 1. The molecule has 1 nitrogen and oxygen atoms in total. The van der Waals surface area contributed by atoms with E-state index >= 15 is 0 Å². The first-order chi connectivity index (χ1) is 19.7. The Morgan fingerprint density at radius 3 is 2.00 bits per heavy atom. The Labute approximate surface area is 236 Å². The summed E-state index contributed by atoms with van der Waals surface area (Å²) < 4.78 is 6.41. The number of rotatable bonds is 3. The molecule has 0 aliphatic heterocycles. The molecule has 0 bridgehead atoms. The standard InChI is InChI=1S/C38H23ClO/c39-29-11-6-10-27(21-29)31-14-7-15-34-36-22-26(17-19-37(36)40-38(31)34)25-16-18-30-28(20-25)23-35(24-8-2-1-3-9-24)33-13-5-4-12-32(30)33/h1-23H. The first-order valence-corrected chi connectivity index (χ1v) is 13.8. The SMILES string of the molecule is Clc1cccc(-c2cccc3c2oc2ccc(-c4ccc5c(c4)cc(-c4ccccc4)c4ccccc45)cc23)c1. The maximum atomic E-state index is 6.41. The van der Waals surface area contributed by atoms with Crippen molar-refractivity contribution in [3.63, 3.8) is 0 Å². The van der Waals surface area contributed by atoms with E-state index in [9.17, 15) is 0 Å². The van der Waals surface area contributed by atoms with Crippen molar-refractivity contribution in [2.75, 3.05) is 0 Å². The lowest BCUT2D eigenvalue weighted by atomic mass is 9.91. The van der Waals surface area contributed by atoms with Gasteiger partial charge in [0.25, 0.3) is 0 Å². The predicted molar refractivity (Wildman–Crippen MR) is 170 cm³/mol. The van der Waals surface area contributed by atoms with Gasteiger partial charge in [-0.2, -0.15) is 0 Å². The molecule has 0 radical (unpaired) electrons. The molecule has 0 N–H and O–H groups in total. The van der Waals surface area contributed by atoms with Crippen LogP contribution in [0.3, 0.4) is 0 Å². The fourth-order valence-corrected chi connectivity index (χ4v) is 6.20. The smallest absolute Gasteiger partial charge is 0.143 e. The molecule has 0 fully saturated rings. The Balaban J connectivity index is 1.31. The van der Waals surface area contributed by atoms with Crippen molar-refractivity contribution in [2.24, 2.45) is 0 Å². The highest BCUT2D eigenvalue weighted by Gasteiger charge is 2.14. The van der Waals surface area contributed by atoms with Gasteiger partial charge < -0.3 is 4.42 Å². The zero-order valence-corrected chi connectivity index (χ0v) is 22.3. The molecule has 40 heavy (non-hydrogen) atoms. The molecule has 0 aliphatic rings. The Bertz CT molecular complexity index is 2220. The van der Waals surface area contributed by atoms with Gasteiger partial charge in [0.05, 0.1) is 0 Å². The monoisotopic (exact) mass is 530 g/mol. The molecule has 0 amide bonds. The summed E-state index contributed by atoms with van der Waals surface area (Å²) in [6, 6.07) is 49.2. The van der Waals surface area contributed by atoms with Crippen LogP contribution in [0.25, 0.3) is 76.9 Å². The van der Waals surface area contributed by atoms with Gasteiger partial charge in [0.15, 0.2) is 0 Å². The third-order valence-electron chi connectivity index (χ3n) is 7.91. The second kappa shape index (κ2) is 9.12. The van der Waals surface area contributed by atoms with E-state index in [2.05, 4.69) is 121 Å². The molecule has 1 heterocycles. The van der Waals surface area contributed by atoms with Crippen LogP contribution in [-0.2, 0) is 0 Å². The summed E-state index contributed by atoms with van der Waals surface area (Å²) in [5.74, 6) is 0. The number of furan rings is 1. The number of benzene rings is 7. The minimum absolute atomic E-state index is 0.715. The summed E-state index contributed by atoms with van der Waals surface area (Å²) in [5.41, 5.74) is 8.69. The molecule has 188 valence electrons. The molecule has 0 saturated heterocycles. The second-order valence-corrected chi connectivity index (χ2v) is 10.7. The molecule has 0 spiro atoms. The van der Waals surface area contributed by atoms with E-state index in [4.69, 9.17) is 16.0 Å². The largest absolute Gasteiger partial charge is 0.455 e. The quantitative estimate of drug-likeness (QED) is 0.207.